The van der Waals surface area contributed by atoms with Crippen LogP contribution in [0.5, 0.6) is 11.5 Å². The topological polar surface area (TPSA) is 165 Å². The molecule has 188 valence electrons. The molecule has 0 fully saturated rings. The molecule has 1 aromatic heterocycles. The van der Waals surface area contributed by atoms with E-state index in [-0.39, 0.29) is 10.3 Å². The summed E-state index contributed by atoms with van der Waals surface area (Å²) in [5, 5.41) is 10.4. The zero-order valence-electron chi connectivity index (χ0n) is 18.5. The van der Waals surface area contributed by atoms with Gasteiger partial charge in [0.2, 0.25) is 10.0 Å². The van der Waals surface area contributed by atoms with E-state index < -0.39 is 42.4 Å². The SMILES string of the molecule is COc1ccc2c(c1)SC1=NS(=O)(=O)C(=C(O)CS(=O)(=O)Nc3nc4ccc(OC)cc4s3)C(=O)N12. The summed E-state index contributed by atoms with van der Waals surface area (Å²) in [5.74, 6) is -2.42. The molecule has 2 aliphatic heterocycles. The van der Waals surface area contributed by atoms with Gasteiger partial charge in [-0.15, -0.1) is 4.40 Å². The average Bonchev–Trinajstić information content (AvgIpc) is 3.35. The van der Waals surface area contributed by atoms with Crippen LogP contribution < -0.4 is 19.1 Å². The van der Waals surface area contributed by atoms with Crippen LogP contribution in [0, 0.1) is 0 Å². The standard InChI is InChI=1S/C20H16N4O8S4/c1-31-10-3-5-12-15(7-10)33-19(21-12)22-35(27,28)9-14(25)17-18(26)24-13-6-4-11(32-2)8-16(13)34-20(24)23-36(17,29)30/h3-8,25H,9H2,1-2H3,(H,21,22). The lowest BCUT2D eigenvalue weighted by Gasteiger charge is -2.23. The third-order valence-electron chi connectivity index (χ3n) is 5.08. The van der Waals surface area contributed by atoms with Gasteiger partial charge in [-0.05, 0) is 48.2 Å². The predicted molar refractivity (Wildman–Crippen MR) is 136 cm³/mol. The first kappa shape index (κ1) is 24.4. The molecular formula is C20H16N4O8S4. The summed E-state index contributed by atoms with van der Waals surface area (Å²) >= 11 is 1.95. The van der Waals surface area contributed by atoms with E-state index in [9.17, 15) is 26.7 Å². The highest BCUT2D eigenvalue weighted by molar-refractivity contribution is 8.16. The normalized spacial score (nSPS) is 17.9. The highest BCUT2D eigenvalue weighted by Crippen LogP contribution is 2.45. The molecule has 0 atom stereocenters. The van der Waals surface area contributed by atoms with Crippen LogP contribution in [0.15, 0.2) is 56.4 Å². The van der Waals surface area contributed by atoms with Gasteiger partial charge in [-0.25, -0.2) is 13.4 Å². The summed E-state index contributed by atoms with van der Waals surface area (Å²) in [6.07, 6.45) is 0. The number of thioether (sulfide) groups is 1. The van der Waals surface area contributed by atoms with Gasteiger partial charge in [-0.1, -0.05) is 11.3 Å². The van der Waals surface area contributed by atoms with Crippen molar-refractivity contribution in [2.75, 3.05) is 29.6 Å². The zero-order chi connectivity index (χ0) is 25.8. The summed E-state index contributed by atoms with van der Waals surface area (Å²) in [7, 11) is -6.09. The molecular weight excluding hydrogens is 553 g/mol. The fourth-order valence-electron chi connectivity index (χ4n) is 3.51. The molecule has 2 aromatic carbocycles. The van der Waals surface area contributed by atoms with Crippen molar-refractivity contribution in [1.29, 1.82) is 0 Å². The van der Waals surface area contributed by atoms with Crippen molar-refractivity contribution >= 4 is 75.3 Å². The van der Waals surface area contributed by atoms with Crippen LogP contribution in [0.3, 0.4) is 0 Å². The second kappa shape index (κ2) is 8.65. The molecule has 1 amide bonds. The Kier molecular flexibility index (Phi) is 5.85. The Morgan fingerprint density at radius 1 is 1.14 bits per heavy atom. The molecule has 0 saturated heterocycles. The quantitative estimate of drug-likeness (QED) is 0.334. The van der Waals surface area contributed by atoms with Gasteiger partial charge < -0.3 is 14.6 Å². The summed E-state index contributed by atoms with van der Waals surface area (Å²) in [4.78, 5) is 17.7. The number of hydrogen-bond acceptors (Lipinski definition) is 11. The second-order valence-electron chi connectivity index (χ2n) is 7.41. The molecule has 0 saturated carbocycles. The number of hydrogen-bond donors (Lipinski definition) is 2. The molecule has 3 aromatic rings. The van der Waals surface area contributed by atoms with Crippen molar-refractivity contribution in [1.82, 2.24) is 4.98 Å². The summed E-state index contributed by atoms with van der Waals surface area (Å²) in [6.45, 7) is 0. The number of fused-ring (bicyclic) bond motifs is 4. The van der Waals surface area contributed by atoms with Crippen LogP contribution in [0.25, 0.3) is 10.2 Å². The molecule has 36 heavy (non-hydrogen) atoms. The third kappa shape index (κ3) is 4.25. The largest absolute Gasteiger partial charge is 0.509 e. The van der Waals surface area contributed by atoms with Gasteiger partial charge >= 0.3 is 0 Å². The van der Waals surface area contributed by atoms with Gasteiger partial charge in [0.1, 0.15) is 23.0 Å². The molecule has 2 aliphatic rings. The minimum absolute atomic E-state index is 0.00648. The van der Waals surface area contributed by atoms with E-state index in [4.69, 9.17) is 9.47 Å². The number of amides is 1. The van der Waals surface area contributed by atoms with Crippen molar-refractivity contribution in [3.05, 3.63) is 47.1 Å². The van der Waals surface area contributed by atoms with Gasteiger partial charge in [0, 0.05) is 4.90 Å². The monoisotopic (exact) mass is 568 g/mol. The molecule has 0 unspecified atom stereocenters. The minimum Gasteiger partial charge on any atom is -0.509 e. The highest BCUT2D eigenvalue weighted by atomic mass is 32.2. The molecule has 0 aliphatic carbocycles. The number of nitrogens with one attached hydrogen (secondary N) is 1. The molecule has 3 heterocycles. The number of rotatable bonds is 6. The minimum atomic E-state index is -4.68. The van der Waals surface area contributed by atoms with Gasteiger partial charge in [0.25, 0.3) is 15.9 Å². The number of carbonyl (C=O) groups is 1. The number of aromatic nitrogens is 1. The fourth-order valence-corrected chi connectivity index (χ4v) is 8.20. The lowest BCUT2D eigenvalue weighted by atomic mass is 10.2. The van der Waals surface area contributed by atoms with E-state index in [1.807, 2.05) is 0 Å². The third-order valence-corrected chi connectivity index (χ3v) is 9.76. The number of sulfonamides is 2. The molecule has 5 rings (SSSR count). The maximum Gasteiger partial charge on any atom is 0.293 e. The van der Waals surface area contributed by atoms with Crippen LogP contribution in [0.1, 0.15) is 0 Å². The van der Waals surface area contributed by atoms with Crippen molar-refractivity contribution < 1.29 is 36.2 Å². The maximum atomic E-state index is 13.2. The van der Waals surface area contributed by atoms with Crippen LogP contribution in [-0.4, -0.2) is 58.0 Å². The second-order valence-corrected chi connectivity index (χ2v) is 12.7. The number of amidine groups is 1. The Balaban J connectivity index is 1.46. The number of methoxy groups -OCH3 is 2. The van der Waals surface area contributed by atoms with Crippen LogP contribution in [0.4, 0.5) is 10.8 Å². The number of benzene rings is 2. The maximum absolute atomic E-state index is 13.2. The molecule has 12 nitrogen and oxygen atoms in total. The van der Waals surface area contributed by atoms with Gasteiger partial charge in [-0.3, -0.25) is 14.4 Å². The van der Waals surface area contributed by atoms with Gasteiger partial charge in [-0.2, -0.15) is 8.42 Å². The smallest absolute Gasteiger partial charge is 0.293 e. The van der Waals surface area contributed by atoms with E-state index in [2.05, 4.69) is 14.1 Å². The summed E-state index contributed by atoms with van der Waals surface area (Å²) in [6, 6.07) is 9.70. The van der Waals surface area contributed by atoms with Crippen LogP contribution in [0.2, 0.25) is 0 Å². The number of aliphatic hydroxyl groups is 1. The van der Waals surface area contributed by atoms with E-state index in [0.717, 1.165) is 28.0 Å². The molecule has 16 heteroatoms. The first-order valence-corrected chi connectivity index (χ1v) is 14.7. The highest BCUT2D eigenvalue weighted by Gasteiger charge is 2.45. The Bertz CT molecular complexity index is 1710. The van der Waals surface area contributed by atoms with Gasteiger partial charge in [0.15, 0.2) is 15.2 Å². The van der Waals surface area contributed by atoms with E-state index >= 15 is 0 Å². The number of ether oxygens (including phenoxy) is 2. The molecule has 0 radical (unpaired) electrons. The molecule has 0 spiro atoms. The van der Waals surface area contributed by atoms with Crippen LogP contribution >= 0.6 is 23.1 Å². The Morgan fingerprint density at radius 2 is 1.83 bits per heavy atom. The number of anilines is 2. The fraction of sp³-hybridized carbons (Fsp3) is 0.150. The van der Waals surface area contributed by atoms with Crippen molar-refractivity contribution in [3.63, 3.8) is 0 Å². The van der Waals surface area contributed by atoms with Crippen molar-refractivity contribution in [2.45, 2.75) is 4.90 Å². The van der Waals surface area contributed by atoms with E-state index in [0.29, 0.717) is 32.3 Å². The number of aliphatic hydroxyl groups excluding tert-OH is 1. The Hall–Kier alpha value is -3.34. The Morgan fingerprint density at radius 3 is 2.56 bits per heavy atom. The van der Waals surface area contributed by atoms with Gasteiger partial charge in [0.05, 0.1) is 30.1 Å². The lowest BCUT2D eigenvalue weighted by molar-refractivity contribution is -0.113. The zero-order valence-corrected chi connectivity index (χ0v) is 21.7. The van der Waals surface area contributed by atoms with Crippen molar-refractivity contribution in [3.8, 4) is 11.5 Å². The number of carbonyl (C=O) groups excluding carboxylic acids is 1. The average molecular weight is 569 g/mol. The summed E-state index contributed by atoms with van der Waals surface area (Å²) in [5.41, 5.74) is 0.838. The van der Waals surface area contributed by atoms with E-state index in [1.54, 1.807) is 30.3 Å². The molecule has 2 N–H and O–H groups in total. The summed E-state index contributed by atoms with van der Waals surface area (Å²) < 4.78 is 67.7. The first-order chi connectivity index (χ1) is 17.0. The van der Waals surface area contributed by atoms with Crippen LogP contribution in [-0.2, 0) is 24.8 Å². The number of thiazole rings is 1. The predicted octanol–water partition coefficient (Wildman–Crippen LogP) is 2.66. The Labute approximate surface area is 213 Å². The molecule has 0 bridgehead atoms. The lowest BCUT2D eigenvalue weighted by Crippen LogP contribution is -2.41. The first-order valence-electron chi connectivity index (χ1n) is 9.94. The van der Waals surface area contributed by atoms with E-state index in [1.165, 1.54) is 20.3 Å². The van der Waals surface area contributed by atoms with Crippen molar-refractivity contribution in [2.24, 2.45) is 4.40 Å². The number of nitrogens with zero attached hydrogens (tertiary/aromatic N) is 3.